The molecule has 1 aromatic rings. The van der Waals surface area contributed by atoms with Gasteiger partial charge in [0.2, 0.25) is 23.6 Å². The van der Waals surface area contributed by atoms with E-state index in [0.717, 1.165) is 24.8 Å². The van der Waals surface area contributed by atoms with E-state index in [0.29, 0.717) is 13.0 Å². The molecule has 0 bridgehead atoms. The first-order chi connectivity index (χ1) is 25.6. The zero-order valence-electron chi connectivity index (χ0n) is 35.8. The number of ether oxygens (including phenoxy) is 3. The smallest absolute Gasteiger partial charge is 0.329 e. The molecule has 7 unspecified atom stereocenters. The summed E-state index contributed by atoms with van der Waals surface area (Å²) in [6, 6.07) is 6.79. The molecule has 4 amide bonds. The van der Waals surface area contributed by atoms with Crippen LogP contribution < -0.4 is 16.4 Å². The number of nitrogens with one attached hydrogen (secondary N) is 2. The maximum absolute atomic E-state index is 14.3. The summed E-state index contributed by atoms with van der Waals surface area (Å²) in [6.07, 6.45) is 1.75. The summed E-state index contributed by atoms with van der Waals surface area (Å²) in [5.41, 5.74) is 5.01. The van der Waals surface area contributed by atoms with Crippen LogP contribution in [-0.4, -0.2) is 115 Å². The van der Waals surface area contributed by atoms with Crippen molar-refractivity contribution < 1.29 is 38.2 Å². The summed E-state index contributed by atoms with van der Waals surface area (Å²) in [7, 11) is 4.79. The van der Waals surface area contributed by atoms with E-state index in [9.17, 15) is 24.0 Å². The third-order valence-corrected chi connectivity index (χ3v) is 10.7. The molecule has 1 fully saturated rings. The number of likely N-dealkylation sites (N-methyl/N-ethyl adjacent to an activating group) is 1. The van der Waals surface area contributed by atoms with Crippen LogP contribution in [0.25, 0.3) is 0 Å². The Bertz CT molecular complexity index is 1400. The van der Waals surface area contributed by atoms with Crippen LogP contribution in [0.5, 0.6) is 0 Å². The second-order valence-corrected chi connectivity index (χ2v) is 17.0. The SMILES string of the molecule is CCC(CC)C(C(CC(=O)N1CCCC1C(OC)C(C)C(=O)NC(Cc1ccccc1)C(=O)OC(C)(C)C)OC)N(C)C(=O)C(NC(=O)C(C)(C)N)C(C)C. The molecule has 7 atom stereocenters. The van der Waals surface area contributed by atoms with Crippen LogP contribution in [0.1, 0.15) is 107 Å². The van der Waals surface area contributed by atoms with Crippen LogP contribution in [-0.2, 0) is 44.6 Å². The van der Waals surface area contributed by atoms with E-state index < -0.39 is 65.3 Å². The molecule has 13 heteroatoms. The second kappa shape index (κ2) is 21.1. The zero-order valence-corrected chi connectivity index (χ0v) is 35.8. The number of esters is 1. The highest BCUT2D eigenvalue weighted by atomic mass is 16.6. The average Bonchev–Trinajstić information content (AvgIpc) is 3.60. The molecule has 312 valence electrons. The zero-order chi connectivity index (χ0) is 41.8. The minimum absolute atomic E-state index is 0.000199. The molecule has 1 aliphatic heterocycles. The number of hydrogen-bond acceptors (Lipinski definition) is 9. The fraction of sp³-hybridized carbons (Fsp3) is 0.738. The molecule has 55 heavy (non-hydrogen) atoms. The first-order valence-corrected chi connectivity index (χ1v) is 19.9. The van der Waals surface area contributed by atoms with E-state index in [4.69, 9.17) is 19.9 Å². The van der Waals surface area contributed by atoms with Crippen molar-refractivity contribution in [3.05, 3.63) is 35.9 Å². The van der Waals surface area contributed by atoms with Crippen molar-refractivity contribution in [2.45, 2.75) is 155 Å². The molecular formula is C42H71N5O8. The summed E-state index contributed by atoms with van der Waals surface area (Å²) in [4.78, 5) is 71.9. The lowest BCUT2D eigenvalue weighted by Gasteiger charge is -2.41. The highest BCUT2D eigenvalue weighted by molar-refractivity contribution is 5.92. The van der Waals surface area contributed by atoms with Gasteiger partial charge in [0.15, 0.2) is 0 Å². The predicted molar refractivity (Wildman–Crippen MR) is 214 cm³/mol. The first-order valence-electron chi connectivity index (χ1n) is 19.9. The van der Waals surface area contributed by atoms with Crippen LogP contribution in [0.15, 0.2) is 30.3 Å². The maximum Gasteiger partial charge on any atom is 0.329 e. The Labute approximate surface area is 330 Å². The molecule has 0 aliphatic carbocycles. The van der Waals surface area contributed by atoms with Gasteiger partial charge >= 0.3 is 5.97 Å². The molecule has 0 radical (unpaired) electrons. The number of carbonyl (C=O) groups is 5. The highest BCUT2D eigenvalue weighted by Gasteiger charge is 2.44. The van der Waals surface area contributed by atoms with E-state index in [1.807, 2.05) is 58.0 Å². The van der Waals surface area contributed by atoms with Crippen molar-refractivity contribution in [3.8, 4) is 0 Å². The van der Waals surface area contributed by atoms with Crippen molar-refractivity contribution in [2.75, 3.05) is 27.8 Å². The molecule has 13 nitrogen and oxygen atoms in total. The number of amides is 4. The largest absolute Gasteiger partial charge is 0.458 e. The molecule has 2 rings (SSSR count). The number of nitrogens with zero attached hydrogens (tertiary/aromatic N) is 2. The lowest BCUT2D eigenvalue weighted by molar-refractivity contribution is -0.159. The van der Waals surface area contributed by atoms with E-state index >= 15 is 0 Å². The van der Waals surface area contributed by atoms with Crippen molar-refractivity contribution in [3.63, 3.8) is 0 Å². The van der Waals surface area contributed by atoms with Gasteiger partial charge in [-0.15, -0.1) is 0 Å². The quantitative estimate of drug-likeness (QED) is 0.164. The van der Waals surface area contributed by atoms with Crippen LogP contribution >= 0.6 is 0 Å². The fourth-order valence-electron chi connectivity index (χ4n) is 7.49. The Morgan fingerprint density at radius 3 is 2.04 bits per heavy atom. The third kappa shape index (κ3) is 13.6. The molecule has 0 saturated carbocycles. The number of methoxy groups -OCH3 is 2. The van der Waals surface area contributed by atoms with Crippen molar-refractivity contribution in [2.24, 2.45) is 23.5 Å². The molecule has 0 spiro atoms. The van der Waals surface area contributed by atoms with Gasteiger partial charge in [-0.3, -0.25) is 19.2 Å². The molecule has 1 heterocycles. The Morgan fingerprint density at radius 2 is 1.55 bits per heavy atom. The summed E-state index contributed by atoms with van der Waals surface area (Å²) in [5, 5.41) is 5.77. The van der Waals surface area contributed by atoms with Gasteiger partial charge in [-0.2, -0.15) is 0 Å². The van der Waals surface area contributed by atoms with Gasteiger partial charge in [-0.05, 0) is 64.9 Å². The normalized spacial score (nSPS) is 18.3. The lowest BCUT2D eigenvalue weighted by atomic mass is 9.86. The minimum Gasteiger partial charge on any atom is -0.458 e. The molecule has 1 aliphatic rings. The monoisotopic (exact) mass is 774 g/mol. The number of nitrogens with two attached hydrogens (primary N) is 1. The second-order valence-electron chi connectivity index (χ2n) is 17.0. The standard InChI is InChI=1S/C42H71N5O8/c1-14-29(15-2)35(46(11)38(50)34(26(3)4)45-40(52)42(9,10)43)32(53-12)25-33(48)47-23-19-22-31(47)36(54-13)27(5)37(49)44-30(39(51)55-41(6,7)8)24-28-20-17-16-18-21-28/h16-18,20-21,26-27,29-32,34-36H,14-15,19,22-25,43H2,1-13H3,(H,44,49)(H,45,52). The van der Waals surface area contributed by atoms with Gasteiger partial charge in [0.05, 0.1) is 42.2 Å². The minimum atomic E-state index is -1.17. The predicted octanol–water partition coefficient (Wildman–Crippen LogP) is 4.24. The summed E-state index contributed by atoms with van der Waals surface area (Å²) in [6.45, 7) is 18.6. The maximum atomic E-state index is 14.3. The van der Waals surface area contributed by atoms with Crippen LogP contribution in [0, 0.1) is 17.8 Å². The van der Waals surface area contributed by atoms with Gasteiger partial charge in [-0.25, -0.2) is 4.79 Å². The summed E-state index contributed by atoms with van der Waals surface area (Å²) in [5.74, 6) is -2.74. The number of hydrogen-bond donors (Lipinski definition) is 3. The van der Waals surface area contributed by atoms with E-state index in [-0.39, 0.29) is 42.4 Å². The van der Waals surface area contributed by atoms with Crippen molar-refractivity contribution >= 4 is 29.6 Å². The van der Waals surface area contributed by atoms with Gasteiger partial charge in [0.25, 0.3) is 0 Å². The van der Waals surface area contributed by atoms with E-state index in [1.165, 1.54) is 7.11 Å². The Hall–Kier alpha value is -3.55. The van der Waals surface area contributed by atoms with Crippen LogP contribution in [0.2, 0.25) is 0 Å². The molecule has 4 N–H and O–H groups in total. The highest BCUT2D eigenvalue weighted by Crippen LogP contribution is 2.30. The molecule has 1 aromatic carbocycles. The van der Waals surface area contributed by atoms with Gasteiger partial charge < -0.3 is 40.4 Å². The number of rotatable bonds is 20. The third-order valence-electron chi connectivity index (χ3n) is 10.7. The van der Waals surface area contributed by atoms with Crippen molar-refractivity contribution in [1.82, 2.24) is 20.4 Å². The fourth-order valence-corrected chi connectivity index (χ4v) is 7.49. The summed E-state index contributed by atoms with van der Waals surface area (Å²) < 4.78 is 17.7. The Balaban J connectivity index is 2.34. The van der Waals surface area contributed by atoms with Crippen LogP contribution in [0.4, 0.5) is 0 Å². The van der Waals surface area contributed by atoms with Gasteiger partial charge in [-0.1, -0.05) is 77.8 Å². The number of carbonyl (C=O) groups excluding carboxylic acids is 5. The molecule has 0 aromatic heterocycles. The van der Waals surface area contributed by atoms with Crippen LogP contribution in [0.3, 0.4) is 0 Å². The van der Waals surface area contributed by atoms with Gasteiger partial charge in [0, 0.05) is 34.2 Å². The van der Waals surface area contributed by atoms with Gasteiger partial charge in [0.1, 0.15) is 17.7 Å². The average molecular weight is 774 g/mol. The topological polar surface area (TPSA) is 170 Å². The number of likely N-dealkylation sites (tertiary alicyclic amines) is 1. The Morgan fingerprint density at radius 1 is 0.945 bits per heavy atom. The lowest BCUT2D eigenvalue weighted by Crippen LogP contribution is -2.60. The number of benzene rings is 1. The Kier molecular flexibility index (Phi) is 18.3. The first kappa shape index (κ1) is 47.6. The molecule has 1 saturated heterocycles. The molecular weight excluding hydrogens is 702 g/mol. The van der Waals surface area contributed by atoms with E-state index in [1.54, 1.807) is 65.5 Å². The van der Waals surface area contributed by atoms with Crippen molar-refractivity contribution in [1.29, 1.82) is 0 Å². The summed E-state index contributed by atoms with van der Waals surface area (Å²) >= 11 is 0. The van der Waals surface area contributed by atoms with E-state index in [2.05, 4.69) is 10.6 Å².